The van der Waals surface area contributed by atoms with E-state index < -0.39 is 0 Å². The van der Waals surface area contributed by atoms with E-state index in [4.69, 9.17) is 11.5 Å². The van der Waals surface area contributed by atoms with E-state index in [0.717, 1.165) is 37.2 Å². The van der Waals surface area contributed by atoms with Crippen LogP contribution in [0.4, 0.5) is 11.8 Å². The zero-order chi connectivity index (χ0) is 14.7. The summed E-state index contributed by atoms with van der Waals surface area (Å²) in [5, 5.41) is 6.66. The van der Waals surface area contributed by atoms with Crippen molar-refractivity contribution in [1.82, 2.24) is 19.9 Å². The van der Waals surface area contributed by atoms with Gasteiger partial charge in [-0.05, 0) is 25.7 Å². The van der Waals surface area contributed by atoms with E-state index in [1.165, 1.54) is 6.33 Å². The number of nitrogens with two attached hydrogens (primary N) is 2. The van der Waals surface area contributed by atoms with Crippen molar-refractivity contribution in [2.45, 2.75) is 37.8 Å². The summed E-state index contributed by atoms with van der Waals surface area (Å²) in [6.07, 6.45) is 5.74. The van der Waals surface area contributed by atoms with Gasteiger partial charge in [-0.3, -0.25) is 0 Å². The minimum atomic E-state index is 0.338. The van der Waals surface area contributed by atoms with Crippen LogP contribution >= 0.6 is 0 Å². The predicted octanol–water partition coefficient (Wildman–Crippen LogP) is 0.357. The number of aromatic nitrogens is 4. The van der Waals surface area contributed by atoms with Gasteiger partial charge in [0.15, 0.2) is 5.82 Å². The first-order valence-electron chi connectivity index (χ1n) is 7.43. The summed E-state index contributed by atoms with van der Waals surface area (Å²) in [6.45, 7) is 1.22. The van der Waals surface area contributed by atoms with Crippen LogP contribution < -0.4 is 22.1 Å². The van der Waals surface area contributed by atoms with Gasteiger partial charge in [0.25, 0.3) is 0 Å². The van der Waals surface area contributed by atoms with Gasteiger partial charge < -0.3 is 27.1 Å². The van der Waals surface area contributed by atoms with Gasteiger partial charge in [0.05, 0.1) is 0 Å². The molecule has 21 heavy (non-hydrogen) atoms. The van der Waals surface area contributed by atoms with Crippen LogP contribution in [0.15, 0.2) is 6.33 Å². The third kappa shape index (κ3) is 3.22. The Morgan fingerprint density at radius 2 is 2.05 bits per heavy atom. The number of nitrogens with one attached hydrogen (secondary N) is 3. The number of hydrogen-bond acceptors (Lipinski definition) is 7. The predicted molar refractivity (Wildman–Crippen MR) is 82.2 cm³/mol. The average Bonchev–Trinajstić information content (AvgIpc) is 2.95. The third-order valence-electron chi connectivity index (χ3n) is 3.84. The Morgan fingerprint density at radius 3 is 2.81 bits per heavy atom. The molecular formula is C13H22N8. The Morgan fingerprint density at radius 1 is 1.24 bits per heavy atom. The zero-order valence-electron chi connectivity index (χ0n) is 12.0. The van der Waals surface area contributed by atoms with Gasteiger partial charge in [0.1, 0.15) is 17.8 Å². The minimum absolute atomic E-state index is 0.338. The highest BCUT2D eigenvalue weighted by atomic mass is 15.2. The van der Waals surface area contributed by atoms with Gasteiger partial charge in [-0.2, -0.15) is 4.98 Å². The molecule has 114 valence electrons. The molecule has 0 unspecified atom stereocenters. The Kier molecular flexibility index (Phi) is 4.16. The zero-order valence-corrected chi connectivity index (χ0v) is 12.0. The molecule has 0 saturated heterocycles. The first kappa shape index (κ1) is 14.0. The van der Waals surface area contributed by atoms with Crippen molar-refractivity contribution in [3.63, 3.8) is 0 Å². The molecule has 7 N–H and O–H groups in total. The van der Waals surface area contributed by atoms with Gasteiger partial charge in [-0.25, -0.2) is 9.97 Å². The van der Waals surface area contributed by atoms with Crippen LogP contribution in [0.25, 0.3) is 11.5 Å². The molecule has 2 aliphatic heterocycles. The molecule has 3 aliphatic rings. The lowest BCUT2D eigenvalue weighted by Gasteiger charge is -2.27. The van der Waals surface area contributed by atoms with Crippen LogP contribution in [-0.2, 0) is 0 Å². The molecular weight excluding hydrogens is 268 g/mol. The molecule has 0 aromatic carbocycles. The molecule has 0 aromatic rings. The second-order valence-electron chi connectivity index (χ2n) is 5.48. The van der Waals surface area contributed by atoms with E-state index in [2.05, 4.69) is 30.6 Å². The summed E-state index contributed by atoms with van der Waals surface area (Å²) < 4.78 is 0. The maximum Gasteiger partial charge on any atom is 0.204 e. The number of H-pyrrole nitrogens is 1. The number of anilines is 2. The minimum Gasteiger partial charge on any atom is -0.368 e. The molecule has 0 atom stereocenters. The van der Waals surface area contributed by atoms with E-state index in [1.807, 2.05) is 0 Å². The van der Waals surface area contributed by atoms with Gasteiger partial charge in [-0.1, -0.05) is 0 Å². The summed E-state index contributed by atoms with van der Waals surface area (Å²) in [5.74, 6) is 2.14. The summed E-state index contributed by atoms with van der Waals surface area (Å²) in [6, 6.07) is 0.737. The van der Waals surface area contributed by atoms with Crippen LogP contribution in [0.3, 0.4) is 0 Å². The molecule has 8 nitrogen and oxygen atoms in total. The second kappa shape index (κ2) is 6.23. The molecule has 1 saturated carbocycles. The topological polar surface area (TPSA) is 131 Å². The maximum atomic E-state index is 5.94. The van der Waals surface area contributed by atoms with Crippen molar-refractivity contribution in [2.75, 3.05) is 23.7 Å². The molecule has 3 rings (SSSR count). The monoisotopic (exact) mass is 290 g/mol. The normalized spacial score (nSPS) is 22.4. The highest BCUT2D eigenvalue weighted by Crippen LogP contribution is 2.26. The van der Waals surface area contributed by atoms with Crippen molar-refractivity contribution in [1.29, 1.82) is 0 Å². The first-order chi connectivity index (χ1) is 10.3. The van der Waals surface area contributed by atoms with Crippen molar-refractivity contribution in [2.24, 2.45) is 11.5 Å². The number of hydrogen-bond donors (Lipinski definition) is 5. The van der Waals surface area contributed by atoms with E-state index in [0.29, 0.717) is 36.9 Å². The van der Waals surface area contributed by atoms with Gasteiger partial charge in [-0.15, -0.1) is 0 Å². The molecule has 2 heterocycles. The van der Waals surface area contributed by atoms with E-state index in [-0.39, 0.29) is 0 Å². The molecule has 0 aromatic heterocycles. The Bertz CT molecular complexity index is 545. The summed E-state index contributed by atoms with van der Waals surface area (Å²) >= 11 is 0. The van der Waals surface area contributed by atoms with Crippen molar-refractivity contribution < 1.29 is 0 Å². The third-order valence-corrected chi connectivity index (χ3v) is 3.84. The van der Waals surface area contributed by atoms with Crippen molar-refractivity contribution in [3.8, 4) is 11.5 Å². The second-order valence-corrected chi connectivity index (χ2v) is 5.48. The summed E-state index contributed by atoms with van der Waals surface area (Å²) in [4.78, 5) is 16.1. The lowest BCUT2D eigenvalue weighted by atomic mass is 9.92. The Labute approximate surface area is 123 Å². The van der Waals surface area contributed by atoms with Crippen LogP contribution in [-0.4, -0.2) is 45.1 Å². The Balaban J connectivity index is 1.76. The number of nitrogens with zero attached hydrogens (tertiary/aromatic N) is 3. The quantitative estimate of drug-likeness (QED) is 0.537. The largest absolute Gasteiger partial charge is 0.368 e. The fraction of sp³-hybridized carbons (Fsp3) is 0.615. The number of imidazole rings is 1. The molecule has 8 heteroatoms. The van der Waals surface area contributed by atoms with Gasteiger partial charge in [0.2, 0.25) is 5.95 Å². The first-order valence-corrected chi connectivity index (χ1v) is 7.43. The Hall–Kier alpha value is -1.93. The number of rotatable bonds is 5. The standard InChI is InChI=1S/C13H22N8/c14-5-6-16-11-10-12(18-7-17-10)21-13(20-11)19-9-3-1-8(15)2-4-9/h7-9H,1-6,14-15H2,(H3,16,17,18,19,20,21)/t8-,9-. The van der Waals surface area contributed by atoms with Gasteiger partial charge in [0, 0.05) is 25.2 Å². The SMILES string of the molecule is NCCNc1[nH]c(N[C@H]2CC[C@H](N)CC2)nc2ncnc1-2. The molecule has 1 fully saturated rings. The molecule has 0 bridgehead atoms. The van der Waals surface area contributed by atoms with Gasteiger partial charge >= 0.3 is 0 Å². The fourth-order valence-electron chi connectivity index (χ4n) is 2.68. The molecule has 0 spiro atoms. The molecule has 1 aliphatic carbocycles. The number of aromatic amines is 1. The lowest BCUT2D eigenvalue weighted by molar-refractivity contribution is 0.410. The van der Waals surface area contributed by atoms with E-state index in [1.54, 1.807) is 0 Å². The number of fused-ring (bicyclic) bond motifs is 1. The summed E-state index contributed by atoms with van der Waals surface area (Å²) in [5.41, 5.74) is 12.2. The van der Waals surface area contributed by atoms with E-state index >= 15 is 0 Å². The lowest BCUT2D eigenvalue weighted by Crippen LogP contribution is -2.33. The van der Waals surface area contributed by atoms with Crippen LogP contribution in [0.2, 0.25) is 0 Å². The highest BCUT2D eigenvalue weighted by molar-refractivity contribution is 5.68. The molecule has 0 radical (unpaired) electrons. The molecule has 0 amide bonds. The van der Waals surface area contributed by atoms with Crippen molar-refractivity contribution in [3.05, 3.63) is 6.33 Å². The van der Waals surface area contributed by atoms with Crippen molar-refractivity contribution >= 4 is 11.8 Å². The average molecular weight is 290 g/mol. The van der Waals surface area contributed by atoms with Crippen LogP contribution in [0.1, 0.15) is 25.7 Å². The fourth-order valence-corrected chi connectivity index (χ4v) is 2.68. The van der Waals surface area contributed by atoms with E-state index in [9.17, 15) is 0 Å². The van der Waals surface area contributed by atoms with Crippen LogP contribution in [0.5, 0.6) is 0 Å². The van der Waals surface area contributed by atoms with Crippen LogP contribution in [0, 0.1) is 0 Å². The smallest absolute Gasteiger partial charge is 0.204 e. The summed E-state index contributed by atoms with van der Waals surface area (Å²) in [7, 11) is 0. The maximum absolute atomic E-state index is 5.94. The highest BCUT2D eigenvalue weighted by Gasteiger charge is 2.21.